The summed E-state index contributed by atoms with van der Waals surface area (Å²) in [6.07, 6.45) is 1.62. The van der Waals surface area contributed by atoms with Crippen molar-refractivity contribution in [3.8, 4) is 11.1 Å². The molecule has 4 aromatic rings. The molecule has 29 heavy (non-hydrogen) atoms. The number of ether oxygens (including phenoxy) is 2. The van der Waals surface area contributed by atoms with Crippen LogP contribution in [0.4, 0.5) is 0 Å². The lowest BCUT2D eigenvalue weighted by Crippen LogP contribution is -2.09. The molecule has 0 atom stereocenters. The van der Waals surface area contributed by atoms with Gasteiger partial charge in [-0.15, -0.1) is 0 Å². The molecule has 0 unspecified atom stereocenters. The van der Waals surface area contributed by atoms with E-state index in [2.05, 4.69) is 9.97 Å². The minimum Gasteiger partial charge on any atom is -0.462 e. The Labute approximate surface area is 167 Å². The van der Waals surface area contributed by atoms with Crippen LogP contribution in [-0.2, 0) is 9.47 Å². The van der Waals surface area contributed by atoms with E-state index in [-0.39, 0.29) is 18.3 Å². The second-order valence-electron chi connectivity index (χ2n) is 6.46. The average molecular weight is 388 g/mol. The van der Waals surface area contributed by atoms with E-state index in [0.29, 0.717) is 17.7 Å². The average Bonchev–Trinajstić information content (AvgIpc) is 3.12. The summed E-state index contributed by atoms with van der Waals surface area (Å²) in [5, 5.41) is 1.63. The summed E-state index contributed by atoms with van der Waals surface area (Å²) < 4.78 is 10.4. The van der Waals surface area contributed by atoms with Crippen LogP contribution in [0, 0.1) is 0 Å². The molecule has 0 fully saturated rings. The third-order valence-corrected chi connectivity index (χ3v) is 4.68. The fraction of sp³-hybridized carbons (Fsp3) is 0.174. The molecule has 146 valence electrons. The van der Waals surface area contributed by atoms with E-state index in [1.54, 1.807) is 32.2 Å². The Hall–Kier alpha value is -3.67. The highest BCUT2D eigenvalue weighted by Gasteiger charge is 2.22. The van der Waals surface area contributed by atoms with Gasteiger partial charge in [-0.05, 0) is 37.6 Å². The molecule has 0 bridgehead atoms. The smallest absolute Gasteiger partial charge is 0.357 e. The van der Waals surface area contributed by atoms with Crippen molar-refractivity contribution in [2.45, 2.75) is 13.8 Å². The molecule has 0 aliphatic rings. The fourth-order valence-corrected chi connectivity index (χ4v) is 3.47. The van der Waals surface area contributed by atoms with Crippen LogP contribution in [0.3, 0.4) is 0 Å². The number of hydrogen-bond acceptors (Lipinski definition) is 5. The van der Waals surface area contributed by atoms with Crippen LogP contribution in [-0.4, -0.2) is 35.1 Å². The van der Waals surface area contributed by atoms with Gasteiger partial charge >= 0.3 is 11.9 Å². The predicted octanol–water partition coefficient (Wildman–Crippen LogP) is 4.74. The number of pyridine rings is 1. The van der Waals surface area contributed by atoms with E-state index in [9.17, 15) is 9.59 Å². The van der Waals surface area contributed by atoms with Crippen molar-refractivity contribution in [1.82, 2.24) is 9.97 Å². The van der Waals surface area contributed by atoms with Gasteiger partial charge in [-0.25, -0.2) is 14.6 Å². The molecule has 6 nitrogen and oxygen atoms in total. The molecule has 2 aromatic carbocycles. The molecule has 6 heteroatoms. The van der Waals surface area contributed by atoms with Crippen molar-refractivity contribution in [2.24, 2.45) is 0 Å². The summed E-state index contributed by atoms with van der Waals surface area (Å²) in [7, 11) is 0. The minimum atomic E-state index is -0.482. The monoisotopic (exact) mass is 388 g/mol. The molecule has 2 aromatic heterocycles. The number of esters is 2. The molecule has 0 amide bonds. The van der Waals surface area contributed by atoms with Gasteiger partial charge in [-0.3, -0.25) is 0 Å². The molecule has 0 aliphatic heterocycles. The van der Waals surface area contributed by atoms with Crippen molar-refractivity contribution < 1.29 is 19.1 Å². The van der Waals surface area contributed by atoms with Gasteiger partial charge in [-0.2, -0.15) is 0 Å². The van der Waals surface area contributed by atoms with Crippen LogP contribution in [0.2, 0.25) is 0 Å². The summed E-state index contributed by atoms with van der Waals surface area (Å²) in [4.78, 5) is 32.6. The normalized spacial score (nSPS) is 11.0. The summed E-state index contributed by atoms with van der Waals surface area (Å²) in [5.74, 6) is -0.867. The summed E-state index contributed by atoms with van der Waals surface area (Å²) in [6, 6.07) is 14.9. The van der Waals surface area contributed by atoms with E-state index >= 15 is 0 Å². The predicted molar refractivity (Wildman–Crippen MR) is 111 cm³/mol. The van der Waals surface area contributed by atoms with Crippen molar-refractivity contribution in [3.05, 3.63) is 66.0 Å². The zero-order valence-corrected chi connectivity index (χ0v) is 16.2. The van der Waals surface area contributed by atoms with Gasteiger partial charge in [0, 0.05) is 21.9 Å². The molecular weight excluding hydrogens is 368 g/mol. The third kappa shape index (κ3) is 3.33. The maximum atomic E-state index is 12.6. The van der Waals surface area contributed by atoms with Crippen molar-refractivity contribution in [2.75, 3.05) is 13.2 Å². The molecule has 0 saturated heterocycles. The van der Waals surface area contributed by atoms with Gasteiger partial charge in [0.05, 0.1) is 30.5 Å². The highest BCUT2D eigenvalue weighted by atomic mass is 16.5. The number of H-pyrrole nitrogens is 1. The van der Waals surface area contributed by atoms with Gasteiger partial charge in [0.1, 0.15) is 0 Å². The first kappa shape index (κ1) is 18.7. The van der Waals surface area contributed by atoms with Crippen LogP contribution >= 0.6 is 0 Å². The summed E-state index contributed by atoms with van der Waals surface area (Å²) in [6.45, 7) is 4.09. The molecule has 1 N–H and O–H groups in total. The second-order valence-corrected chi connectivity index (χ2v) is 6.46. The Kier molecular flexibility index (Phi) is 4.99. The van der Waals surface area contributed by atoms with Crippen LogP contribution < -0.4 is 0 Å². The zero-order chi connectivity index (χ0) is 20.4. The SMILES string of the molecule is CCOC(=O)c1ccc2[nH]c3cnc(C(=O)OCC)c(-c4ccccc4)c3c2c1. The maximum absolute atomic E-state index is 12.6. The summed E-state index contributed by atoms with van der Waals surface area (Å²) in [5.41, 5.74) is 3.83. The Morgan fingerprint density at radius 1 is 0.931 bits per heavy atom. The number of rotatable bonds is 5. The van der Waals surface area contributed by atoms with Gasteiger partial charge in [0.2, 0.25) is 0 Å². The molecule has 2 heterocycles. The topological polar surface area (TPSA) is 81.3 Å². The van der Waals surface area contributed by atoms with E-state index in [1.165, 1.54) is 0 Å². The van der Waals surface area contributed by atoms with Gasteiger partial charge < -0.3 is 14.5 Å². The molecule has 0 aliphatic carbocycles. The van der Waals surface area contributed by atoms with E-state index in [4.69, 9.17) is 9.47 Å². The Balaban J connectivity index is 2.05. The van der Waals surface area contributed by atoms with Gasteiger partial charge in [-0.1, -0.05) is 30.3 Å². The largest absolute Gasteiger partial charge is 0.462 e. The first-order valence-corrected chi connectivity index (χ1v) is 9.48. The number of aromatic amines is 1. The quantitative estimate of drug-likeness (QED) is 0.500. The molecule has 0 saturated carbocycles. The van der Waals surface area contributed by atoms with Crippen LogP contribution in [0.5, 0.6) is 0 Å². The number of benzene rings is 2. The van der Waals surface area contributed by atoms with Crippen LogP contribution in [0.1, 0.15) is 34.7 Å². The van der Waals surface area contributed by atoms with Gasteiger partial charge in [0.25, 0.3) is 0 Å². The highest BCUT2D eigenvalue weighted by Crippen LogP contribution is 2.36. The lowest BCUT2D eigenvalue weighted by molar-refractivity contribution is 0.0513. The van der Waals surface area contributed by atoms with Gasteiger partial charge in [0.15, 0.2) is 5.69 Å². The Bertz CT molecular complexity index is 1210. The van der Waals surface area contributed by atoms with Crippen molar-refractivity contribution >= 4 is 33.7 Å². The second kappa shape index (κ2) is 7.75. The lowest BCUT2D eigenvalue weighted by atomic mass is 9.97. The number of nitrogens with zero attached hydrogens (tertiary/aromatic N) is 1. The van der Waals surface area contributed by atoms with Crippen molar-refractivity contribution in [1.29, 1.82) is 0 Å². The number of aromatic nitrogens is 2. The summed E-state index contributed by atoms with van der Waals surface area (Å²) >= 11 is 0. The maximum Gasteiger partial charge on any atom is 0.357 e. The standard InChI is InChI=1S/C23H20N2O4/c1-3-28-22(26)15-10-11-17-16(12-15)20-18(25-17)13-24-21(23(27)29-4-2)19(20)14-8-6-5-7-9-14/h5-13,25H,3-4H2,1-2H3. The number of nitrogens with one attached hydrogen (secondary N) is 1. The van der Waals surface area contributed by atoms with Crippen LogP contribution in [0.25, 0.3) is 32.9 Å². The first-order valence-electron chi connectivity index (χ1n) is 9.48. The number of hydrogen-bond donors (Lipinski definition) is 1. The Morgan fingerprint density at radius 3 is 2.38 bits per heavy atom. The molecule has 0 radical (unpaired) electrons. The first-order chi connectivity index (χ1) is 14.1. The van der Waals surface area contributed by atoms with E-state index < -0.39 is 5.97 Å². The minimum absolute atomic E-state index is 0.244. The number of fused-ring (bicyclic) bond motifs is 3. The molecule has 4 rings (SSSR count). The van der Waals surface area contributed by atoms with Crippen molar-refractivity contribution in [3.63, 3.8) is 0 Å². The highest BCUT2D eigenvalue weighted by molar-refractivity contribution is 6.18. The number of carbonyl (C=O) groups excluding carboxylic acids is 2. The van der Waals surface area contributed by atoms with Crippen LogP contribution in [0.15, 0.2) is 54.7 Å². The number of carbonyl (C=O) groups is 2. The lowest BCUT2D eigenvalue weighted by Gasteiger charge is -2.10. The molecule has 0 spiro atoms. The van der Waals surface area contributed by atoms with E-state index in [0.717, 1.165) is 27.4 Å². The molecular formula is C23H20N2O4. The van der Waals surface area contributed by atoms with E-state index in [1.807, 2.05) is 36.4 Å². The zero-order valence-electron chi connectivity index (χ0n) is 16.2. The fourth-order valence-electron chi connectivity index (χ4n) is 3.47. The third-order valence-electron chi connectivity index (χ3n) is 4.68. The Morgan fingerprint density at radius 2 is 1.66 bits per heavy atom.